The molecule has 0 aromatic heterocycles. The molecule has 6 heteroatoms. The summed E-state index contributed by atoms with van der Waals surface area (Å²) < 4.78 is 22.5. The molecule has 3 aromatic rings. The Morgan fingerprint density at radius 2 is 1.08 bits per heavy atom. The molecule has 0 aliphatic rings. The first-order chi connectivity index (χ1) is 18.0. The van der Waals surface area contributed by atoms with Crippen molar-refractivity contribution in [3.8, 4) is 22.6 Å². The number of hydrogen-bond donors (Lipinski definition) is 0. The predicted molar refractivity (Wildman–Crippen MR) is 149 cm³/mol. The van der Waals surface area contributed by atoms with E-state index in [1.165, 1.54) is 0 Å². The van der Waals surface area contributed by atoms with Gasteiger partial charge in [0.25, 0.3) is 0 Å². The van der Waals surface area contributed by atoms with Crippen LogP contribution in [0.1, 0.15) is 41.5 Å². The van der Waals surface area contributed by atoms with E-state index in [0.29, 0.717) is 45.7 Å². The van der Waals surface area contributed by atoms with Gasteiger partial charge < -0.3 is 18.9 Å². The fourth-order valence-corrected chi connectivity index (χ4v) is 3.40. The highest BCUT2D eigenvalue weighted by atomic mass is 16.6. The maximum atomic E-state index is 11.9. The molecule has 0 radical (unpaired) electrons. The summed E-state index contributed by atoms with van der Waals surface area (Å²) in [7, 11) is 0. The lowest BCUT2D eigenvalue weighted by atomic mass is 9.97. The maximum absolute atomic E-state index is 11.9. The third kappa shape index (κ3) is 6.79. The highest BCUT2D eigenvalue weighted by Gasteiger charge is 2.13. The molecule has 6 nitrogen and oxygen atoms in total. The van der Waals surface area contributed by atoms with E-state index in [1.807, 2.05) is 60.7 Å². The summed E-state index contributed by atoms with van der Waals surface area (Å²) >= 11 is 0. The smallest absolute Gasteiger partial charge is 0.338 e. The molecule has 38 heavy (non-hydrogen) atoms. The first kappa shape index (κ1) is 28.0. The normalized spacial score (nSPS) is 12.2. The summed E-state index contributed by atoms with van der Waals surface area (Å²) in [5, 5.41) is 1.92. The second kappa shape index (κ2) is 12.1. The highest BCUT2D eigenvalue weighted by Crippen LogP contribution is 2.36. The monoisotopic (exact) mass is 512 g/mol. The Kier molecular flexibility index (Phi) is 8.92. The van der Waals surface area contributed by atoms with E-state index < -0.39 is 11.9 Å². The predicted octanol–water partition coefficient (Wildman–Crippen LogP) is 8.01. The van der Waals surface area contributed by atoms with E-state index in [4.69, 9.17) is 18.9 Å². The summed E-state index contributed by atoms with van der Waals surface area (Å²) in [6.45, 7) is 17.2. The molecule has 0 saturated carbocycles. The zero-order valence-corrected chi connectivity index (χ0v) is 22.6. The van der Waals surface area contributed by atoms with Gasteiger partial charge in [0, 0.05) is 16.5 Å². The molecule has 0 aliphatic heterocycles. The van der Waals surface area contributed by atoms with Crippen LogP contribution in [0.2, 0.25) is 0 Å². The SMILES string of the molecule is C=C(C)C(=O)O/C(C)=C(\C)Oc1ccc(-c2ccc(O/C(C)=C(\C)OC(=O)C(=C)C)c3ccccc23)cc1. The quantitative estimate of drug-likeness (QED) is 0.164. The molecule has 3 aromatic carbocycles. The van der Waals surface area contributed by atoms with Crippen molar-refractivity contribution in [1.82, 2.24) is 0 Å². The van der Waals surface area contributed by atoms with E-state index in [2.05, 4.69) is 13.2 Å². The van der Waals surface area contributed by atoms with Crippen molar-refractivity contribution >= 4 is 22.7 Å². The topological polar surface area (TPSA) is 71.1 Å². The Morgan fingerprint density at radius 1 is 0.579 bits per heavy atom. The number of benzene rings is 3. The number of fused-ring (bicyclic) bond motifs is 1. The molecule has 0 saturated heterocycles. The third-order valence-corrected chi connectivity index (χ3v) is 5.76. The Bertz CT molecular complexity index is 1470. The molecule has 0 atom stereocenters. The lowest BCUT2D eigenvalue weighted by Gasteiger charge is -2.15. The van der Waals surface area contributed by atoms with Crippen LogP contribution in [0.3, 0.4) is 0 Å². The van der Waals surface area contributed by atoms with Crippen LogP contribution < -0.4 is 9.47 Å². The highest BCUT2D eigenvalue weighted by molar-refractivity contribution is 6.00. The molecule has 0 spiro atoms. The zero-order valence-electron chi connectivity index (χ0n) is 22.6. The van der Waals surface area contributed by atoms with Crippen molar-refractivity contribution < 1.29 is 28.5 Å². The second-order valence-corrected chi connectivity index (χ2v) is 8.95. The van der Waals surface area contributed by atoms with Gasteiger partial charge in [-0.3, -0.25) is 0 Å². The largest absolute Gasteiger partial charge is 0.459 e. The van der Waals surface area contributed by atoms with Crippen LogP contribution in [0.4, 0.5) is 0 Å². The van der Waals surface area contributed by atoms with Crippen molar-refractivity contribution in [2.24, 2.45) is 0 Å². The molecule has 0 amide bonds. The van der Waals surface area contributed by atoms with Gasteiger partial charge in [0.2, 0.25) is 0 Å². The average Bonchev–Trinajstić information content (AvgIpc) is 2.89. The first-order valence-corrected chi connectivity index (χ1v) is 12.1. The first-order valence-electron chi connectivity index (χ1n) is 12.1. The summed E-state index contributed by atoms with van der Waals surface area (Å²) in [6.07, 6.45) is 0. The van der Waals surface area contributed by atoms with Gasteiger partial charge >= 0.3 is 11.9 Å². The van der Waals surface area contributed by atoms with Gasteiger partial charge in [-0.1, -0.05) is 55.6 Å². The number of carbonyl (C=O) groups excluding carboxylic acids is 2. The van der Waals surface area contributed by atoms with E-state index in [-0.39, 0.29) is 0 Å². The third-order valence-electron chi connectivity index (χ3n) is 5.76. The van der Waals surface area contributed by atoms with Crippen LogP contribution in [-0.2, 0) is 19.1 Å². The van der Waals surface area contributed by atoms with Gasteiger partial charge in [-0.05, 0) is 76.3 Å². The Balaban J connectivity index is 1.86. The van der Waals surface area contributed by atoms with Gasteiger partial charge in [0.1, 0.15) is 34.5 Å². The fraction of sp³-hybridized carbons (Fsp3) is 0.188. The van der Waals surface area contributed by atoms with Crippen LogP contribution in [0.25, 0.3) is 21.9 Å². The van der Waals surface area contributed by atoms with E-state index in [1.54, 1.807) is 41.5 Å². The van der Waals surface area contributed by atoms with E-state index >= 15 is 0 Å². The molecule has 0 aliphatic carbocycles. The zero-order chi connectivity index (χ0) is 28.0. The standard InChI is InChI=1S/C32H32O6/c1-19(2)31(33)37-23(7)21(5)35-26-15-13-25(14-16-26)27-17-18-30(29-12-10-9-11-28(27)29)36-22(6)24(8)38-32(34)20(3)4/h9-18H,1,3H2,2,4-8H3/b23-21+,24-22+. The van der Waals surface area contributed by atoms with Crippen molar-refractivity contribution in [1.29, 1.82) is 0 Å². The molecule has 3 rings (SSSR count). The van der Waals surface area contributed by atoms with E-state index in [9.17, 15) is 9.59 Å². The number of ether oxygens (including phenoxy) is 4. The van der Waals surface area contributed by atoms with Gasteiger partial charge in [-0.15, -0.1) is 0 Å². The molecular formula is C32H32O6. The van der Waals surface area contributed by atoms with Crippen molar-refractivity contribution in [2.75, 3.05) is 0 Å². The molecule has 0 bridgehead atoms. The minimum Gasteiger partial charge on any atom is -0.459 e. The lowest BCUT2D eigenvalue weighted by molar-refractivity contribution is -0.136. The molecular weight excluding hydrogens is 480 g/mol. The molecule has 0 heterocycles. The second-order valence-electron chi connectivity index (χ2n) is 8.95. The van der Waals surface area contributed by atoms with Gasteiger partial charge in [0.15, 0.2) is 0 Å². The van der Waals surface area contributed by atoms with Crippen LogP contribution in [-0.4, -0.2) is 11.9 Å². The van der Waals surface area contributed by atoms with Crippen LogP contribution >= 0.6 is 0 Å². The van der Waals surface area contributed by atoms with Crippen LogP contribution in [0, 0.1) is 0 Å². The molecule has 0 fully saturated rings. The molecule has 0 N–H and O–H groups in total. The summed E-state index contributed by atoms with van der Waals surface area (Å²) in [5.41, 5.74) is 2.64. The Morgan fingerprint density at radius 3 is 1.61 bits per heavy atom. The minimum absolute atomic E-state index is 0.316. The van der Waals surface area contributed by atoms with Crippen molar-refractivity contribution in [3.63, 3.8) is 0 Å². The fourth-order valence-electron chi connectivity index (χ4n) is 3.40. The van der Waals surface area contributed by atoms with Crippen LogP contribution in [0.5, 0.6) is 11.5 Å². The van der Waals surface area contributed by atoms with Crippen molar-refractivity contribution in [2.45, 2.75) is 41.5 Å². The lowest BCUT2D eigenvalue weighted by Crippen LogP contribution is -2.06. The number of rotatable bonds is 9. The minimum atomic E-state index is -0.494. The summed E-state index contributed by atoms with van der Waals surface area (Å²) in [5.74, 6) is 1.97. The molecule has 0 unspecified atom stereocenters. The number of hydrogen-bond acceptors (Lipinski definition) is 6. The molecule has 196 valence electrons. The van der Waals surface area contributed by atoms with Gasteiger partial charge in [-0.25, -0.2) is 9.59 Å². The maximum Gasteiger partial charge on any atom is 0.338 e. The Labute approximate surface area is 223 Å². The summed E-state index contributed by atoms with van der Waals surface area (Å²) in [4.78, 5) is 23.6. The number of esters is 2. The average molecular weight is 513 g/mol. The van der Waals surface area contributed by atoms with Gasteiger partial charge in [-0.2, -0.15) is 0 Å². The number of allylic oxidation sites excluding steroid dienone is 4. The Hall–Kier alpha value is -4.58. The van der Waals surface area contributed by atoms with Crippen molar-refractivity contribution in [3.05, 3.63) is 108 Å². The van der Waals surface area contributed by atoms with E-state index in [0.717, 1.165) is 21.9 Å². The van der Waals surface area contributed by atoms with Crippen LogP contribution in [0.15, 0.2) is 108 Å². The number of carbonyl (C=O) groups is 2. The summed E-state index contributed by atoms with van der Waals surface area (Å²) in [6, 6.07) is 19.5. The van der Waals surface area contributed by atoms with Gasteiger partial charge in [0.05, 0.1) is 0 Å².